The molecule has 3 aromatic rings. The van der Waals surface area contributed by atoms with Crippen molar-refractivity contribution in [3.63, 3.8) is 0 Å². The zero-order valence-electron chi connectivity index (χ0n) is 12.9. The molecule has 3 rings (SSSR count). The highest BCUT2D eigenvalue weighted by Gasteiger charge is 2.17. The lowest BCUT2D eigenvalue weighted by atomic mass is 10.2. The van der Waals surface area contributed by atoms with Gasteiger partial charge < -0.3 is 5.11 Å². The van der Waals surface area contributed by atoms with E-state index in [0.29, 0.717) is 22.8 Å². The molecule has 0 bridgehead atoms. The largest absolute Gasteiger partial charge is 0.481 e. The number of thiophene rings is 1. The molecule has 7 nitrogen and oxygen atoms in total. The second kappa shape index (κ2) is 6.49. The second-order valence-corrected chi connectivity index (χ2v) is 6.36. The smallest absolute Gasteiger partial charge is 0.303 e. The van der Waals surface area contributed by atoms with Crippen molar-refractivity contribution in [2.75, 3.05) is 0 Å². The van der Waals surface area contributed by atoms with Crippen LogP contribution in [0.25, 0.3) is 16.0 Å². The number of fused-ring (bicyclic) bond motifs is 3. The first-order valence-corrected chi connectivity index (χ1v) is 8.57. The minimum Gasteiger partial charge on any atom is -0.481 e. The zero-order chi connectivity index (χ0) is 16.4. The molecule has 0 radical (unpaired) electrons. The van der Waals surface area contributed by atoms with Gasteiger partial charge >= 0.3 is 5.97 Å². The van der Waals surface area contributed by atoms with E-state index in [0.717, 1.165) is 24.8 Å². The SMILES string of the molecule is CCCCCn1c(=O)c2sccc2n2c(CCC(=O)O)nnc12. The number of unbranched alkanes of at least 4 members (excludes halogenated alkanes) is 2. The van der Waals surface area contributed by atoms with E-state index in [4.69, 9.17) is 5.11 Å². The first-order valence-electron chi connectivity index (χ1n) is 7.69. The van der Waals surface area contributed by atoms with Crippen molar-refractivity contribution in [1.29, 1.82) is 0 Å². The van der Waals surface area contributed by atoms with Crippen LogP contribution < -0.4 is 5.56 Å². The lowest BCUT2D eigenvalue weighted by Gasteiger charge is -2.09. The molecule has 0 unspecified atom stereocenters. The van der Waals surface area contributed by atoms with Crippen LogP contribution >= 0.6 is 11.3 Å². The molecule has 0 atom stereocenters. The van der Waals surface area contributed by atoms with Gasteiger partial charge in [-0.05, 0) is 17.9 Å². The summed E-state index contributed by atoms with van der Waals surface area (Å²) < 4.78 is 4.14. The minimum absolute atomic E-state index is 0.0125. The predicted molar refractivity (Wildman–Crippen MR) is 88.1 cm³/mol. The van der Waals surface area contributed by atoms with Gasteiger partial charge in [0.1, 0.15) is 10.5 Å². The van der Waals surface area contributed by atoms with Gasteiger partial charge in [0.2, 0.25) is 5.78 Å². The molecule has 0 amide bonds. The Labute approximate surface area is 136 Å². The van der Waals surface area contributed by atoms with Gasteiger partial charge in [-0.2, -0.15) is 0 Å². The van der Waals surface area contributed by atoms with Crippen LogP contribution in [0.5, 0.6) is 0 Å². The Morgan fingerprint density at radius 2 is 2.17 bits per heavy atom. The Morgan fingerprint density at radius 3 is 2.91 bits per heavy atom. The molecule has 122 valence electrons. The predicted octanol–water partition coefficient (Wildman–Crippen LogP) is 2.31. The van der Waals surface area contributed by atoms with Crippen LogP contribution in [-0.2, 0) is 17.8 Å². The van der Waals surface area contributed by atoms with Crippen molar-refractivity contribution in [3.05, 3.63) is 27.6 Å². The second-order valence-electron chi connectivity index (χ2n) is 5.44. The molecule has 0 saturated carbocycles. The summed E-state index contributed by atoms with van der Waals surface area (Å²) in [4.78, 5) is 23.5. The molecule has 0 spiro atoms. The average Bonchev–Trinajstić information content (AvgIpc) is 3.14. The molecule has 8 heteroatoms. The highest BCUT2D eigenvalue weighted by Crippen LogP contribution is 2.20. The van der Waals surface area contributed by atoms with Gasteiger partial charge in [0, 0.05) is 13.0 Å². The summed E-state index contributed by atoms with van der Waals surface area (Å²) in [5.74, 6) is 0.201. The Balaban J connectivity index is 2.15. The molecule has 0 aliphatic heterocycles. The Hall–Kier alpha value is -2.22. The summed E-state index contributed by atoms with van der Waals surface area (Å²) in [6.45, 7) is 2.71. The van der Waals surface area contributed by atoms with Crippen molar-refractivity contribution in [2.24, 2.45) is 0 Å². The zero-order valence-corrected chi connectivity index (χ0v) is 13.7. The molecule has 0 saturated heterocycles. The standard InChI is InChI=1S/C15H18N4O3S/c1-2-3-4-8-18-14(22)13-10(7-9-23-13)19-11(5-6-12(20)21)16-17-15(18)19/h7,9H,2-6,8H2,1H3,(H,20,21). The van der Waals surface area contributed by atoms with E-state index < -0.39 is 5.97 Å². The van der Waals surface area contributed by atoms with Crippen molar-refractivity contribution in [2.45, 2.75) is 45.6 Å². The van der Waals surface area contributed by atoms with Crippen LogP contribution in [-0.4, -0.2) is 30.2 Å². The quantitative estimate of drug-likeness (QED) is 0.670. The number of rotatable bonds is 7. The third-order valence-electron chi connectivity index (χ3n) is 3.83. The van der Waals surface area contributed by atoms with Crippen LogP contribution in [0.15, 0.2) is 16.2 Å². The Bertz CT molecular complexity index is 909. The molecule has 0 aliphatic carbocycles. The molecule has 23 heavy (non-hydrogen) atoms. The lowest BCUT2D eigenvalue weighted by molar-refractivity contribution is -0.137. The lowest BCUT2D eigenvalue weighted by Crippen LogP contribution is -2.23. The van der Waals surface area contributed by atoms with Crippen LogP contribution in [0.4, 0.5) is 0 Å². The van der Waals surface area contributed by atoms with Crippen LogP contribution in [0.3, 0.4) is 0 Å². The number of aryl methyl sites for hydroxylation is 2. The average molecular weight is 334 g/mol. The van der Waals surface area contributed by atoms with Crippen molar-refractivity contribution in [3.8, 4) is 0 Å². The Morgan fingerprint density at radius 1 is 1.35 bits per heavy atom. The van der Waals surface area contributed by atoms with Gasteiger partial charge in [-0.15, -0.1) is 21.5 Å². The van der Waals surface area contributed by atoms with E-state index in [1.54, 1.807) is 4.57 Å². The molecule has 1 N–H and O–H groups in total. The fourth-order valence-electron chi connectivity index (χ4n) is 2.68. The van der Waals surface area contributed by atoms with Crippen molar-refractivity contribution in [1.82, 2.24) is 19.2 Å². The van der Waals surface area contributed by atoms with Crippen LogP contribution in [0, 0.1) is 0 Å². The molecule has 0 fully saturated rings. The number of carbonyl (C=O) groups is 1. The summed E-state index contributed by atoms with van der Waals surface area (Å²) >= 11 is 1.39. The van der Waals surface area contributed by atoms with E-state index in [9.17, 15) is 9.59 Å². The van der Waals surface area contributed by atoms with Gasteiger partial charge in [-0.25, -0.2) is 0 Å². The maximum absolute atomic E-state index is 12.7. The van der Waals surface area contributed by atoms with E-state index in [2.05, 4.69) is 17.1 Å². The number of carboxylic acid groups (broad SMARTS) is 1. The highest BCUT2D eigenvalue weighted by atomic mass is 32.1. The summed E-state index contributed by atoms with van der Waals surface area (Å²) in [5, 5.41) is 19.0. The number of hydrogen-bond acceptors (Lipinski definition) is 5. The minimum atomic E-state index is -0.875. The summed E-state index contributed by atoms with van der Waals surface area (Å²) in [5.41, 5.74) is 0.711. The van der Waals surface area contributed by atoms with E-state index in [-0.39, 0.29) is 18.4 Å². The first kappa shape index (κ1) is 15.7. The van der Waals surface area contributed by atoms with E-state index in [1.807, 2.05) is 15.8 Å². The molecule has 0 aromatic carbocycles. The Kier molecular flexibility index (Phi) is 4.42. The van der Waals surface area contributed by atoms with Gasteiger partial charge in [0.25, 0.3) is 5.56 Å². The monoisotopic (exact) mass is 334 g/mol. The fraction of sp³-hybridized carbons (Fsp3) is 0.467. The maximum Gasteiger partial charge on any atom is 0.303 e. The normalized spacial score (nSPS) is 11.5. The van der Waals surface area contributed by atoms with Crippen molar-refractivity contribution >= 4 is 33.3 Å². The number of aromatic nitrogens is 4. The van der Waals surface area contributed by atoms with Crippen LogP contribution in [0.2, 0.25) is 0 Å². The first-order chi connectivity index (χ1) is 11.1. The molecule has 0 aliphatic rings. The maximum atomic E-state index is 12.7. The van der Waals surface area contributed by atoms with E-state index >= 15 is 0 Å². The topological polar surface area (TPSA) is 89.5 Å². The summed E-state index contributed by atoms with van der Waals surface area (Å²) in [6, 6.07) is 1.86. The fourth-order valence-corrected chi connectivity index (χ4v) is 3.51. The van der Waals surface area contributed by atoms with Gasteiger partial charge in [0.15, 0.2) is 0 Å². The number of hydrogen-bond donors (Lipinski definition) is 1. The summed E-state index contributed by atoms with van der Waals surface area (Å²) in [6.07, 6.45) is 3.29. The highest BCUT2D eigenvalue weighted by molar-refractivity contribution is 7.17. The summed E-state index contributed by atoms with van der Waals surface area (Å²) in [7, 11) is 0. The molecular weight excluding hydrogens is 316 g/mol. The third-order valence-corrected chi connectivity index (χ3v) is 4.72. The van der Waals surface area contributed by atoms with Gasteiger partial charge in [-0.1, -0.05) is 19.8 Å². The number of nitrogens with zero attached hydrogens (tertiary/aromatic N) is 4. The van der Waals surface area contributed by atoms with Crippen LogP contribution in [0.1, 0.15) is 38.4 Å². The molecular formula is C15H18N4O3S. The third kappa shape index (κ3) is 2.86. The number of carboxylic acids is 1. The molecule has 3 aromatic heterocycles. The van der Waals surface area contributed by atoms with E-state index in [1.165, 1.54) is 11.3 Å². The number of aliphatic carboxylic acids is 1. The van der Waals surface area contributed by atoms with Gasteiger partial charge in [-0.3, -0.25) is 18.6 Å². The van der Waals surface area contributed by atoms with Crippen molar-refractivity contribution < 1.29 is 9.90 Å². The van der Waals surface area contributed by atoms with Gasteiger partial charge in [0.05, 0.1) is 11.9 Å². The molecule has 3 heterocycles.